The van der Waals surface area contributed by atoms with Crippen LogP contribution in [0.15, 0.2) is 36.7 Å². The Bertz CT molecular complexity index is 964. The van der Waals surface area contributed by atoms with E-state index in [1.165, 1.54) is 11.3 Å². The van der Waals surface area contributed by atoms with E-state index in [1.54, 1.807) is 22.3 Å². The highest BCUT2D eigenvalue weighted by atomic mass is 32.1. The molecule has 1 saturated carbocycles. The first-order valence-corrected chi connectivity index (χ1v) is 9.75. The number of tetrazole rings is 1. The van der Waals surface area contributed by atoms with E-state index in [-0.39, 0.29) is 5.91 Å². The molecule has 6 nitrogen and oxygen atoms in total. The van der Waals surface area contributed by atoms with E-state index >= 15 is 0 Å². The Morgan fingerprint density at radius 1 is 1.23 bits per heavy atom. The minimum Gasteiger partial charge on any atom is -0.335 e. The molecule has 5 rings (SSSR count). The summed E-state index contributed by atoms with van der Waals surface area (Å²) < 4.78 is 1.61. The predicted octanol–water partition coefficient (Wildman–Crippen LogP) is 3.32. The summed E-state index contributed by atoms with van der Waals surface area (Å²) in [6, 6.07) is 10.6. The van der Waals surface area contributed by atoms with Crippen LogP contribution in [0.25, 0.3) is 16.1 Å². The minimum absolute atomic E-state index is 0.127. The summed E-state index contributed by atoms with van der Waals surface area (Å²) in [7, 11) is 0. The van der Waals surface area contributed by atoms with Crippen molar-refractivity contribution in [1.82, 2.24) is 25.1 Å². The summed E-state index contributed by atoms with van der Waals surface area (Å²) in [5.74, 6) is 0.813. The number of benzene rings is 1. The van der Waals surface area contributed by atoms with E-state index in [9.17, 15) is 4.79 Å². The Morgan fingerprint density at radius 2 is 2.15 bits per heavy atom. The van der Waals surface area contributed by atoms with Gasteiger partial charge in [0.2, 0.25) is 0 Å². The van der Waals surface area contributed by atoms with Crippen LogP contribution >= 0.6 is 11.3 Å². The SMILES string of the molecule is Cc1ccc(-c2cc(C(=O)N3C[C@@H]4CC[C@H]3C4)cc(-n3cnnn3)c2)s1. The lowest BCUT2D eigenvalue weighted by molar-refractivity contribution is 0.0703. The monoisotopic (exact) mass is 365 g/mol. The van der Waals surface area contributed by atoms with Crippen LogP contribution < -0.4 is 0 Å². The minimum atomic E-state index is 0.127. The van der Waals surface area contributed by atoms with Gasteiger partial charge in [-0.25, -0.2) is 4.68 Å². The van der Waals surface area contributed by atoms with Crippen molar-refractivity contribution >= 4 is 17.2 Å². The summed E-state index contributed by atoms with van der Waals surface area (Å²) in [6.45, 7) is 2.98. The highest BCUT2D eigenvalue weighted by Crippen LogP contribution is 2.38. The van der Waals surface area contributed by atoms with Gasteiger partial charge in [0.25, 0.3) is 5.91 Å². The molecule has 1 aliphatic carbocycles. The molecule has 3 aromatic rings. The number of nitrogens with zero attached hydrogens (tertiary/aromatic N) is 5. The number of aromatic nitrogens is 4. The van der Waals surface area contributed by atoms with Crippen molar-refractivity contribution in [2.24, 2.45) is 5.92 Å². The Labute approximate surface area is 155 Å². The van der Waals surface area contributed by atoms with Gasteiger partial charge in [0.15, 0.2) is 0 Å². The molecule has 3 heterocycles. The molecule has 0 spiro atoms. The average molecular weight is 365 g/mol. The maximum absolute atomic E-state index is 13.2. The number of hydrogen-bond acceptors (Lipinski definition) is 5. The predicted molar refractivity (Wildman–Crippen MR) is 99.4 cm³/mol. The number of likely N-dealkylation sites (tertiary alicyclic amines) is 1. The first-order chi connectivity index (χ1) is 12.7. The largest absolute Gasteiger partial charge is 0.335 e. The average Bonchev–Trinajstić information content (AvgIpc) is 3.44. The van der Waals surface area contributed by atoms with Crippen LogP contribution in [0.1, 0.15) is 34.5 Å². The highest BCUT2D eigenvalue weighted by Gasteiger charge is 2.40. The number of carbonyl (C=O) groups is 1. The molecular formula is C19H19N5OS. The van der Waals surface area contributed by atoms with Crippen LogP contribution in [0, 0.1) is 12.8 Å². The molecular weight excluding hydrogens is 346 g/mol. The van der Waals surface area contributed by atoms with Gasteiger partial charge >= 0.3 is 0 Å². The summed E-state index contributed by atoms with van der Waals surface area (Å²) in [6.07, 6.45) is 5.12. The van der Waals surface area contributed by atoms with E-state index < -0.39 is 0 Å². The van der Waals surface area contributed by atoms with Crippen LogP contribution in [-0.2, 0) is 0 Å². The lowest BCUT2D eigenvalue weighted by Gasteiger charge is -2.27. The van der Waals surface area contributed by atoms with Crippen LogP contribution in [-0.4, -0.2) is 43.6 Å². The van der Waals surface area contributed by atoms with Crippen molar-refractivity contribution in [2.45, 2.75) is 32.2 Å². The molecule has 132 valence electrons. The second-order valence-electron chi connectivity index (χ2n) is 7.22. The topological polar surface area (TPSA) is 63.9 Å². The maximum atomic E-state index is 13.2. The Balaban J connectivity index is 1.58. The molecule has 7 heteroatoms. The maximum Gasteiger partial charge on any atom is 0.254 e. The third-order valence-electron chi connectivity index (χ3n) is 5.47. The van der Waals surface area contributed by atoms with Crippen molar-refractivity contribution in [3.63, 3.8) is 0 Å². The van der Waals surface area contributed by atoms with Gasteiger partial charge in [0.1, 0.15) is 6.33 Å². The fourth-order valence-corrected chi connectivity index (χ4v) is 5.07. The van der Waals surface area contributed by atoms with Crippen molar-refractivity contribution in [1.29, 1.82) is 0 Å². The van der Waals surface area contributed by atoms with Crippen LogP contribution in [0.5, 0.6) is 0 Å². The fraction of sp³-hybridized carbons (Fsp3) is 0.368. The zero-order valence-electron chi connectivity index (χ0n) is 14.5. The molecule has 0 unspecified atom stereocenters. The van der Waals surface area contributed by atoms with Gasteiger partial charge in [0.05, 0.1) is 5.69 Å². The lowest BCUT2D eigenvalue weighted by Crippen LogP contribution is -2.37. The standard InChI is InChI=1S/C19H19N5OS/c1-12-2-5-18(26-12)14-7-15(9-17(8-14)24-11-20-21-22-24)19(25)23-10-13-3-4-16(23)6-13/h2,5,7-9,11,13,16H,3-4,6,10H2,1H3/t13-,16+/m1/s1. The molecule has 2 aromatic heterocycles. The molecule has 2 fully saturated rings. The van der Waals surface area contributed by atoms with Crippen LogP contribution in [0.3, 0.4) is 0 Å². The lowest BCUT2D eigenvalue weighted by atomic mass is 10.0. The summed E-state index contributed by atoms with van der Waals surface area (Å²) in [4.78, 5) is 17.7. The number of fused-ring (bicyclic) bond motifs is 2. The smallest absolute Gasteiger partial charge is 0.254 e. The third-order valence-corrected chi connectivity index (χ3v) is 6.52. The molecule has 1 amide bonds. The van der Waals surface area contributed by atoms with Gasteiger partial charge in [-0.3, -0.25) is 4.79 Å². The quantitative estimate of drug-likeness (QED) is 0.714. The van der Waals surface area contributed by atoms with Crippen LogP contribution in [0.2, 0.25) is 0 Å². The number of amides is 1. The Hall–Kier alpha value is -2.54. The molecule has 2 aliphatic rings. The van der Waals surface area contributed by atoms with Gasteiger partial charge in [-0.1, -0.05) is 0 Å². The Kier molecular flexibility index (Phi) is 3.63. The molecule has 1 aliphatic heterocycles. The normalized spacial score (nSPS) is 21.5. The molecule has 1 saturated heterocycles. The van der Waals surface area contributed by atoms with E-state index in [0.29, 0.717) is 17.5 Å². The molecule has 2 atom stereocenters. The zero-order chi connectivity index (χ0) is 17.7. The number of carbonyl (C=O) groups excluding carboxylic acids is 1. The molecule has 0 N–H and O–H groups in total. The van der Waals surface area contributed by atoms with Gasteiger partial charge < -0.3 is 4.90 Å². The van der Waals surface area contributed by atoms with Gasteiger partial charge in [0, 0.05) is 27.9 Å². The van der Waals surface area contributed by atoms with E-state index in [4.69, 9.17) is 0 Å². The first-order valence-electron chi connectivity index (χ1n) is 8.93. The number of piperidine rings is 1. The third kappa shape index (κ3) is 2.63. The molecule has 2 bridgehead atoms. The van der Waals surface area contributed by atoms with Gasteiger partial charge in [-0.2, -0.15) is 0 Å². The second kappa shape index (κ2) is 6.02. The number of thiophene rings is 1. The van der Waals surface area contributed by atoms with Crippen molar-refractivity contribution in [3.05, 3.63) is 47.1 Å². The molecule has 0 radical (unpaired) electrons. The molecule has 1 aromatic carbocycles. The van der Waals surface area contributed by atoms with E-state index in [1.807, 2.05) is 18.2 Å². The summed E-state index contributed by atoms with van der Waals surface area (Å²) in [5.41, 5.74) is 2.56. The fourth-order valence-electron chi connectivity index (χ4n) is 4.22. The second-order valence-corrected chi connectivity index (χ2v) is 8.51. The van der Waals surface area contributed by atoms with Crippen molar-refractivity contribution in [2.75, 3.05) is 6.54 Å². The number of hydrogen-bond donors (Lipinski definition) is 0. The summed E-state index contributed by atoms with van der Waals surface area (Å²) >= 11 is 1.73. The number of rotatable bonds is 3. The first kappa shape index (κ1) is 15.7. The van der Waals surface area contributed by atoms with Gasteiger partial charge in [-0.05, 0) is 78.4 Å². The van der Waals surface area contributed by atoms with Crippen LogP contribution in [0.4, 0.5) is 0 Å². The van der Waals surface area contributed by atoms with E-state index in [2.05, 4.69) is 39.5 Å². The number of aryl methyl sites for hydroxylation is 1. The van der Waals surface area contributed by atoms with E-state index in [0.717, 1.165) is 35.5 Å². The summed E-state index contributed by atoms with van der Waals surface area (Å²) in [5, 5.41) is 11.5. The zero-order valence-corrected chi connectivity index (χ0v) is 15.3. The Morgan fingerprint density at radius 3 is 2.81 bits per heavy atom. The highest BCUT2D eigenvalue weighted by molar-refractivity contribution is 7.15. The van der Waals surface area contributed by atoms with Crippen molar-refractivity contribution in [3.8, 4) is 16.1 Å². The van der Waals surface area contributed by atoms with Gasteiger partial charge in [-0.15, -0.1) is 16.4 Å². The van der Waals surface area contributed by atoms with Crippen molar-refractivity contribution < 1.29 is 4.79 Å². The molecule has 26 heavy (non-hydrogen) atoms.